The molecule has 4 aromatic rings. The number of carbonyl (C=O) groups excluding carboxylic acids is 1. The molecule has 30 heavy (non-hydrogen) atoms. The van der Waals surface area contributed by atoms with Gasteiger partial charge in [-0.2, -0.15) is 5.10 Å². The van der Waals surface area contributed by atoms with Gasteiger partial charge in [0, 0.05) is 17.8 Å². The first-order chi connectivity index (χ1) is 14.4. The highest BCUT2D eigenvalue weighted by Gasteiger charge is 2.14. The summed E-state index contributed by atoms with van der Waals surface area (Å²) in [6, 6.07) is 11.0. The molecule has 1 amide bonds. The summed E-state index contributed by atoms with van der Waals surface area (Å²) in [4.78, 5) is 39.4. The Labute approximate surface area is 167 Å². The van der Waals surface area contributed by atoms with E-state index in [0.717, 1.165) is 4.57 Å². The minimum Gasteiger partial charge on any atom is -0.324 e. The first kappa shape index (κ1) is 18.9. The zero-order valence-corrected chi connectivity index (χ0v) is 15.2. The molecule has 0 spiro atoms. The summed E-state index contributed by atoms with van der Waals surface area (Å²) in [7, 11) is 0. The number of amides is 1. The third-order valence-corrected chi connectivity index (χ3v) is 4.28. The molecule has 0 saturated carbocycles. The van der Waals surface area contributed by atoms with Crippen LogP contribution in [0.3, 0.4) is 0 Å². The lowest BCUT2D eigenvalue weighted by atomic mass is 10.3. The molecule has 4 rings (SSSR count). The fraction of sp³-hybridized carbons (Fsp3) is 0.0526. The van der Waals surface area contributed by atoms with Crippen LogP contribution in [0.1, 0.15) is 0 Å². The Morgan fingerprint density at radius 1 is 1.20 bits per heavy atom. The normalized spacial score (nSPS) is 10.8. The average Bonchev–Trinajstić information content (AvgIpc) is 3.16. The van der Waals surface area contributed by atoms with Crippen LogP contribution in [0.2, 0.25) is 0 Å². The van der Waals surface area contributed by atoms with Gasteiger partial charge in [0.2, 0.25) is 5.91 Å². The molecule has 0 atom stereocenters. The lowest BCUT2D eigenvalue weighted by molar-refractivity contribution is -0.384. The Morgan fingerprint density at radius 2 is 1.97 bits per heavy atom. The number of carbonyl (C=O) groups is 1. The number of benzene rings is 2. The lowest BCUT2D eigenvalue weighted by Crippen LogP contribution is -2.27. The summed E-state index contributed by atoms with van der Waals surface area (Å²) in [5.74, 6) is -0.954. The minimum absolute atomic E-state index is 0.165. The van der Waals surface area contributed by atoms with E-state index in [-0.39, 0.29) is 29.0 Å². The molecule has 11 heteroatoms. The molecule has 10 nitrogen and oxygen atoms in total. The number of nitro groups is 1. The Hall–Kier alpha value is -4.41. The predicted molar refractivity (Wildman–Crippen MR) is 105 cm³/mol. The van der Waals surface area contributed by atoms with E-state index in [1.807, 2.05) is 0 Å². The van der Waals surface area contributed by atoms with E-state index in [1.165, 1.54) is 65.7 Å². The lowest BCUT2D eigenvalue weighted by Gasteiger charge is -2.08. The number of hydrogen-bond donors (Lipinski definition) is 1. The second-order valence-corrected chi connectivity index (χ2v) is 6.30. The molecule has 2 heterocycles. The molecule has 0 unspecified atom stereocenters. The SMILES string of the molecule is O=C(Cn1cnc2c(cnn2-c2ccc(F)cc2)c1=O)Nc1cccc([N+](=O)[O-])c1. The molecule has 0 aliphatic carbocycles. The molecule has 150 valence electrons. The van der Waals surface area contributed by atoms with Crippen molar-refractivity contribution in [2.24, 2.45) is 0 Å². The Kier molecular flexibility index (Phi) is 4.76. The molecule has 2 aromatic heterocycles. The summed E-state index contributed by atoms with van der Waals surface area (Å²) in [6.45, 7) is -0.341. The van der Waals surface area contributed by atoms with Gasteiger partial charge in [-0.15, -0.1) is 0 Å². The van der Waals surface area contributed by atoms with Gasteiger partial charge in [0.25, 0.3) is 11.2 Å². The standard InChI is InChI=1S/C19H13FN6O4/c20-12-4-6-14(7-5-12)25-18-16(9-22-25)19(28)24(11-21-18)10-17(27)23-13-2-1-3-15(8-13)26(29)30/h1-9,11H,10H2,(H,23,27). The van der Waals surface area contributed by atoms with Crippen LogP contribution in [-0.4, -0.2) is 30.2 Å². The van der Waals surface area contributed by atoms with Crippen LogP contribution in [0.5, 0.6) is 0 Å². The van der Waals surface area contributed by atoms with Gasteiger partial charge >= 0.3 is 0 Å². The van der Waals surface area contributed by atoms with Crippen LogP contribution >= 0.6 is 0 Å². The van der Waals surface area contributed by atoms with E-state index in [4.69, 9.17) is 0 Å². The largest absolute Gasteiger partial charge is 0.324 e. The number of non-ortho nitro benzene ring substituents is 1. The molecule has 0 bridgehead atoms. The predicted octanol–water partition coefficient (Wildman–Crippen LogP) is 2.27. The zero-order valence-electron chi connectivity index (χ0n) is 15.2. The molecular formula is C19H13FN6O4. The number of nitrogens with zero attached hydrogens (tertiary/aromatic N) is 5. The van der Waals surface area contributed by atoms with Crippen LogP contribution in [0.4, 0.5) is 15.8 Å². The van der Waals surface area contributed by atoms with Crippen LogP contribution in [-0.2, 0) is 11.3 Å². The summed E-state index contributed by atoms with van der Waals surface area (Å²) in [6.07, 6.45) is 2.53. The highest BCUT2D eigenvalue weighted by Crippen LogP contribution is 2.17. The van der Waals surface area contributed by atoms with Gasteiger partial charge in [0.15, 0.2) is 5.65 Å². The van der Waals surface area contributed by atoms with Crippen LogP contribution < -0.4 is 10.9 Å². The highest BCUT2D eigenvalue weighted by molar-refractivity contribution is 5.91. The quantitative estimate of drug-likeness (QED) is 0.399. The fourth-order valence-corrected chi connectivity index (χ4v) is 2.88. The number of aromatic nitrogens is 4. The Morgan fingerprint density at radius 3 is 2.70 bits per heavy atom. The maximum absolute atomic E-state index is 13.1. The van der Waals surface area contributed by atoms with Crippen molar-refractivity contribution in [3.63, 3.8) is 0 Å². The molecular weight excluding hydrogens is 395 g/mol. The van der Waals surface area contributed by atoms with Crippen molar-refractivity contribution in [3.8, 4) is 5.69 Å². The van der Waals surface area contributed by atoms with Crippen molar-refractivity contribution in [2.45, 2.75) is 6.54 Å². The van der Waals surface area contributed by atoms with Gasteiger partial charge in [0.1, 0.15) is 24.1 Å². The van der Waals surface area contributed by atoms with E-state index in [9.17, 15) is 24.1 Å². The second kappa shape index (κ2) is 7.54. The number of rotatable bonds is 5. The number of nitro benzene ring substituents is 1. The minimum atomic E-state index is -0.573. The highest BCUT2D eigenvalue weighted by atomic mass is 19.1. The van der Waals surface area contributed by atoms with Crippen LogP contribution in [0, 0.1) is 15.9 Å². The molecule has 0 radical (unpaired) electrons. The topological polar surface area (TPSA) is 125 Å². The molecule has 0 fully saturated rings. The van der Waals surface area contributed by atoms with E-state index in [2.05, 4.69) is 15.4 Å². The second-order valence-electron chi connectivity index (χ2n) is 6.30. The fourth-order valence-electron chi connectivity index (χ4n) is 2.88. The molecule has 2 aromatic carbocycles. The molecule has 1 N–H and O–H groups in total. The molecule has 0 aliphatic rings. The van der Waals surface area contributed by atoms with E-state index in [1.54, 1.807) is 0 Å². The number of anilines is 1. The average molecular weight is 408 g/mol. The number of hydrogen-bond acceptors (Lipinski definition) is 6. The van der Waals surface area contributed by atoms with Crippen molar-refractivity contribution in [1.29, 1.82) is 0 Å². The monoisotopic (exact) mass is 408 g/mol. The van der Waals surface area contributed by atoms with Crippen molar-refractivity contribution < 1.29 is 14.1 Å². The zero-order chi connectivity index (χ0) is 21.3. The molecule has 0 aliphatic heterocycles. The number of fused-ring (bicyclic) bond motifs is 1. The summed E-state index contributed by atoms with van der Waals surface area (Å²) >= 11 is 0. The Bertz CT molecular complexity index is 1330. The van der Waals surface area contributed by atoms with Crippen molar-refractivity contribution in [2.75, 3.05) is 5.32 Å². The summed E-state index contributed by atoms with van der Waals surface area (Å²) in [5, 5.41) is 17.7. The van der Waals surface area contributed by atoms with Crippen molar-refractivity contribution >= 4 is 28.3 Å². The summed E-state index contributed by atoms with van der Waals surface area (Å²) in [5.41, 5.74) is 0.380. The van der Waals surface area contributed by atoms with Gasteiger partial charge in [-0.3, -0.25) is 24.3 Å². The number of nitrogens with one attached hydrogen (secondary N) is 1. The molecule has 0 saturated heterocycles. The Balaban J connectivity index is 1.58. The first-order valence-electron chi connectivity index (χ1n) is 8.66. The third kappa shape index (κ3) is 3.63. The summed E-state index contributed by atoms with van der Waals surface area (Å²) < 4.78 is 15.6. The van der Waals surface area contributed by atoms with E-state index >= 15 is 0 Å². The first-order valence-corrected chi connectivity index (χ1v) is 8.66. The van der Waals surface area contributed by atoms with Crippen LogP contribution in [0.25, 0.3) is 16.7 Å². The van der Waals surface area contributed by atoms with Gasteiger partial charge in [-0.25, -0.2) is 14.1 Å². The van der Waals surface area contributed by atoms with E-state index in [0.29, 0.717) is 5.69 Å². The number of halogens is 1. The smallest absolute Gasteiger partial charge is 0.271 e. The van der Waals surface area contributed by atoms with Crippen molar-refractivity contribution in [3.05, 3.63) is 87.3 Å². The van der Waals surface area contributed by atoms with Gasteiger partial charge in [-0.1, -0.05) is 6.07 Å². The van der Waals surface area contributed by atoms with Gasteiger partial charge < -0.3 is 5.32 Å². The third-order valence-electron chi connectivity index (χ3n) is 4.28. The van der Waals surface area contributed by atoms with Crippen LogP contribution in [0.15, 0.2) is 65.8 Å². The maximum atomic E-state index is 13.1. The van der Waals surface area contributed by atoms with E-state index < -0.39 is 22.2 Å². The maximum Gasteiger partial charge on any atom is 0.271 e. The van der Waals surface area contributed by atoms with Gasteiger partial charge in [0.05, 0.1) is 16.8 Å². The van der Waals surface area contributed by atoms with Crippen molar-refractivity contribution in [1.82, 2.24) is 19.3 Å². The van der Waals surface area contributed by atoms with Gasteiger partial charge in [-0.05, 0) is 30.3 Å².